The largest absolute Gasteiger partial charge is 0.408 e. The molecule has 0 amide bonds. The summed E-state index contributed by atoms with van der Waals surface area (Å²) in [4.78, 5) is 2.17. The summed E-state index contributed by atoms with van der Waals surface area (Å²) in [5, 5.41) is 7.83. The van der Waals surface area contributed by atoms with Crippen LogP contribution in [0.1, 0.15) is 25.7 Å². The van der Waals surface area contributed by atoms with Crippen LogP contribution >= 0.6 is 0 Å². The molecule has 1 atom stereocenters. The molecular formula is C9H15N3O. The predicted molar refractivity (Wildman–Crippen MR) is 49.6 cm³/mol. The van der Waals surface area contributed by atoms with Crippen molar-refractivity contribution in [3.8, 4) is 0 Å². The lowest BCUT2D eigenvalue weighted by Crippen LogP contribution is -2.19. The summed E-state index contributed by atoms with van der Waals surface area (Å²) >= 11 is 0. The maximum absolute atomic E-state index is 5.36. The first-order valence-corrected chi connectivity index (χ1v) is 4.84. The second-order valence-electron chi connectivity index (χ2n) is 3.61. The zero-order valence-electron chi connectivity index (χ0n) is 8.16. The minimum absolute atomic E-state index is 0.648. The zero-order valence-corrected chi connectivity index (χ0v) is 8.16. The summed E-state index contributed by atoms with van der Waals surface area (Å²) < 4.78 is 5.36. The van der Waals surface area contributed by atoms with Gasteiger partial charge in [-0.25, -0.2) is 0 Å². The van der Waals surface area contributed by atoms with Crippen molar-refractivity contribution in [2.75, 3.05) is 18.0 Å². The highest BCUT2D eigenvalue weighted by Gasteiger charge is 2.24. The number of nitrogens with zero attached hydrogens (tertiary/aromatic N) is 3. The topological polar surface area (TPSA) is 42.2 Å². The number of anilines is 1. The van der Waals surface area contributed by atoms with E-state index < -0.39 is 0 Å². The third-order valence-corrected chi connectivity index (χ3v) is 2.65. The van der Waals surface area contributed by atoms with Crippen molar-refractivity contribution in [1.29, 1.82) is 0 Å². The minimum Gasteiger partial charge on any atom is -0.408 e. The van der Waals surface area contributed by atoms with Crippen molar-refractivity contribution >= 4 is 6.01 Å². The van der Waals surface area contributed by atoms with E-state index in [1.54, 1.807) is 0 Å². The third-order valence-electron chi connectivity index (χ3n) is 2.65. The molecule has 0 saturated carbocycles. The summed E-state index contributed by atoms with van der Waals surface area (Å²) in [6.45, 7) is 6.18. The van der Waals surface area contributed by atoms with E-state index in [2.05, 4.69) is 22.0 Å². The summed E-state index contributed by atoms with van der Waals surface area (Å²) in [5.41, 5.74) is 0. The van der Waals surface area contributed by atoms with Crippen molar-refractivity contribution in [1.82, 2.24) is 10.2 Å². The van der Waals surface area contributed by atoms with E-state index in [1.807, 2.05) is 6.92 Å². The number of aryl methyl sites for hydroxylation is 1. The van der Waals surface area contributed by atoms with Gasteiger partial charge in [-0.05, 0) is 12.3 Å². The molecule has 72 valence electrons. The van der Waals surface area contributed by atoms with Gasteiger partial charge in [0, 0.05) is 20.0 Å². The first kappa shape index (κ1) is 8.53. The predicted octanol–water partition coefficient (Wildman–Crippen LogP) is 1.61. The Morgan fingerprint density at radius 3 is 2.92 bits per heavy atom. The highest BCUT2D eigenvalue weighted by Crippen LogP contribution is 2.23. The molecule has 0 radical (unpaired) electrons. The Kier molecular flexibility index (Phi) is 2.20. The fourth-order valence-electron chi connectivity index (χ4n) is 1.75. The average Bonchev–Trinajstić information content (AvgIpc) is 2.71. The molecule has 2 heterocycles. The van der Waals surface area contributed by atoms with E-state index in [0.717, 1.165) is 19.0 Å². The zero-order chi connectivity index (χ0) is 9.26. The van der Waals surface area contributed by atoms with Gasteiger partial charge in [0.05, 0.1) is 0 Å². The lowest BCUT2D eigenvalue weighted by molar-refractivity contribution is 0.506. The monoisotopic (exact) mass is 181 g/mol. The maximum atomic E-state index is 5.36. The highest BCUT2D eigenvalue weighted by molar-refractivity contribution is 5.26. The van der Waals surface area contributed by atoms with Crippen LogP contribution in [0.15, 0.2) is 4.42 Å². The summed E-state index contributed by atoms with van der Waals surface area (Å²) in [7, 11) is 0. The number of hydrogen-bond acceptors (Lipinski definition) is 4. The van der Waals surface area contributed by atoms with Crippen molar-refractivity contribution in [2.45, 2.75) is 26.7 Å². The smallest absolute Gasteiger partial charge is 0.318 e. The highest BCUT2D eigenvalue weighted by atomic mass is 16.4. The van der Waals surface area contributed by atoms with E-state index in [9.17, 15) is 0 Å². The fourth-order valence-corrected chi connectivity index (χ4v) is 1.75. The van der Waals surface area contributed by atoms with E-state index in [-0.39, 0.29) is 0 Å². The van der Waals surface area contributed by atoms with Gasteiger partial charge in [-0.15, -0.1) is 5.10 Å². The first-order valence-electron chi connectivity index (χ1n) is 4.84. The van der Waals surface area contributed by atoms with E-state index >= 15 is 0 Å². The Balaban J connectivity index is 2.03. The lowest BCUT2D eigenvalue weighted by atomic mass is 10.1. The molecule has 13 heavy (non-hydrogen) atoms. The standard InChI is InChI=1S/C9H15N3O/c1-3-8-4-5-12(6-8)9-11-10-7(2)13-9/h8H,3-6H2,1-2H3. The molecule has 1 fully saturated rings. The van der Waals surface area contributed by atoms with E-state index in [1.165, 1.54) is 12.8 Å². The Labute approximate surface area is 77.9 Å². The van der Waals surface area contributed by atoms with Gasteiger partial charge in [0.25, 0.3) is 0 Å². The molecule has 0 aromatic carbocycles. The molecule has 4 nitrogen and oxygen atoms in total. The molecule has 0 N–H and O–H groups in total. The van der Waals surface area contributed by atoms with E-state index in [4.69, 9.17) is 4.42 Å². The van der Waals surface area contributed by atoms with E-state index in [0.29, 0.717) is 11.9 Å². The molecule has 1 aliphatic heterocycles. The number of hydrogen-bond donors (Lipinski definition) is 0. The summed E-state index contributed by atoms with van der Waals surface area (Å²) in [6.07, 6.45) is 2.49. The Morgan fingerprint density at radius 1 is 1.54 bits per heavy atom. The van der Waals surface area contributed by atoms with Crippen LogP contribution in [0, 0.1) is 12.8 Å². The molecule has 4 heteroatoms. The van der Waals surface area contributed by atoms with Gasteiger partial charge in [0.1, 0.15) is 0 Å². The van der Waals surface area contributed by atoms with Crippen molar-refractivity contribution in [3.05, 3.63) is 5.89 Å². The molecule has 2 rings (SSSR count). The minimum atomic E-state index is 0.648. The molecular weight excluding hydrogens is 166 g/mol. The molecule has 1 unspecified atom stereocenters. The molecule has 1 aromatic heterocycles. The van der Waals surface area contributed by atoms with Crippen LogP contribution in [-0.4, -0.2) is 23.3 Å². The van der Waals surface area contributed by atoms with Crippen LogP contribution in [0.5, 0.6) is 0 Å². The van der Waals surface area contributed by atoms with Gasteiger partial charge >= 0.3 is 6.01 Å². The van der Waals surface area contributed by atoms with Gasteiger partial charge in [0.15, 0.2) is 0 Å². The average molecular weight is 181 g/mol. The Bertz CT molecular complexity index is 284. The van der Waals surface area contributed by atoms with Crippen LogP contribution in [0.2, 0.25) is 0 Å². The van der Waals surface area contributed by atoms with Crippen molar-refractivity contribution in [2.24, 2.45) is 5.92 Å². The SMILES string of the molecule is CCC1CCN(c2nnc(C)o2)C1. The molecule has 0 bridgehead atoms. The van der Waals surface area contributed by atoms with Crippen molar-refractivity contribution < 1.29 is 4.42 Å². The second-order valence-corrected chi connectivity index (χ2v) is 3.61. The van der Waals surface area contributed by atoms with Crippen LogP contribution in [-0.2, 0) is 0 Å². The maximum Gasteiger partial charge on any atom is 0.318 e. The van der Waals surface area contributed by atoms with Crippen LogP contribution in [0.25, 0.3) is 0 Å². The van der Waals surface area contributed by atoms with Gasteiger partial charge in [-0.3, -0.25) is 0 Å². The second kappa shape index (κ2) is 3.36. The van der Waals surface area contributed by atoms with Crippen molar-refractivity contribution in [3.63, 3.8) is 0 Å². The Morgan fingerprint density at radius 2 is 2.38 bits per heavy atom. The molecule has 0 aliphatic carbocycles. The quantitative estimate of drug-likeness (QED) is 0.695. The molecule has 1 aliphatic rings. The molecule has 1 aromatic rings. The van der Waals surface area contributed by atoms with Crippen LogP contribution in [0.3, 0.4) is 0 Å². The normalized spacial score (nSPS) is 22.6. The third kappa shape index (κ3) is 1.66. The lowest BCUT2D eigenvalue weighted by Gasteiger charge is -2.11. The van der Waals surface area contributed by atoms with Gasteiger partial charge in [-0.2, -0.15) is 0 Å². The van der Waals surface area contributed by atoms with Gasteiger partial charge < -0.3 is 9.32 Å². The Hall–Kier alpha value is -1.06. The van der Waals surface area contributed by atoms with Gasteiger partial charge in [-0.1, -0.05) is 18.4 Å². The first-order chi connectivity index (χ1) is 6.29. The fraction of sp³-hybridized carbons (Fsp3) is 0.778. The molecule has 1 saturated heterocycles. The molecule has 0 spiro atoms. The number of rotatable bonds is 2. The van der Waals surface area contributed by atoms with Gasteiger partial charge in [0.2, 0.25) is 5.89 Å². The summed E-state index contributed by atoms with van der Waals surface area (Å²) in [6, 6.07) is 0.688. The number of aromatic nitrogens is 2. The van der Waals surface area contributed by atoms with Crippen LogP contribution in [0.4, 0.5) is 6.01 Å². The van der Waals surface area contributed by atoms with Crippen LogP contribution < -0.4 is 4.90 Å². The summed E-state index contributed by atoms with van der Waals surface area (Å²) in [5.74, 6) is 1.45.